The van der Waals surface area contributed by atoms with Gasteiger partial charge in [0.05, 0.1) is 13.2 Å². The SMILES string of the molecule is COCCOCC(=O)N1CCCN(C(=O)c2ccc(C(C)(C)C)cc2)CC1. The Morgan fingerprint density at radius 1 is 0.963 bits per heavy atom. The number of hydrogen-bond donors (Lipinski definition) is 0. The Hall–Kier alpha value is -1.92. The lowest BCUT2D eigenvalue weighted by atomic mass is 9.86. The van der Waals surface area contributed by atoms with Gasteiger partial charge in [-0.2, -0.15) is 0 Å². The van der Waals surface area contributed by atoms with Gasteiger partial charge in [-0.05, 0) is 29.5 Å². The highest BCUT2D eigenvalue weighted by Gasteiger charge is 2.23. The summed E-state index contributed by atoms with van der Waals surface area (Å²) in [4.78, 5) is 28.7. The summed E-state index contributed by atoms with van der Waals surface area (Å²) >= 11 is 0. The zero-order valence-electron chi connectivity index (χ0n) is 17.0. The van der Waals surface area contributed by atoms with Crippen LogP contribution in [0.15, 0.2) is 24.3 Å². The molecule has 0 radical (unpaired) electrons. The van der Waals surface area contributed by atoms with Crippen LogP contribution in [-0.4, -0.2) is 74.7 Å². The molecule has 1 aliphatic rings. The number of carbonyl (C=O) groups excluding carboxylic acids is 2. The molecule has 0 atom stereocenters. The molecule has 1 aromatic rings. The van der Waals surface area contributed by atoms with Gasteiger partial charge >= 0.3 is 0 Å². The highest BCUT2D eigenvalue weighted by atomic mass is 16.5. The van der Waals surface area contributed by atoms with E-state index in [2.05, 4.69) is 20.8 Å². The summed E-state index contributed by atoms with van der Waals surface area (Å²) in [6, 6.07) is 7.86. The van der Waals surface area contributed by atoms with E-state index in [9.17, 15) is 9.59 Å². The first-order valence-corrected chi connectivity index (χ1v) is 9.57. The summed E-state index contributed by atoms with van der Waals surface area (Å²) in [5, 5.41) is 0. The first kappa shape index (κ1) is 21.4. The van der Waals surface area contributed by atoms with Gasteiger partial charge in [0.25, 0.3) is 5.91 Å². The first-order valence-electron chi connectivity index (χ1n) is 9.57. The summed E-state index contributed by atoms with van der Waals surface area (Å²) in [5.41, 5.74) is 1.97. The van der Waals surface area contributed by atoms with Crippen molar-refractivity contribution in [2.45, 2.75) is 32.6 Å². The van der Waals surface area contributed by atoms with Gasteiger partial charge in [0.15, 0.2) is 0 Å². The molecule has 0 N–H and O–H groups in total. The molecule has 150 valence electrons. The Kier molecular flexibility index (Phi) is 7.80. The third-order valence-electron chi connectivity index (χ3n) is 4.79. The van der Waals surface area contributed by atoms with Crippen molar-refractivity contribution >= 4 is 11.8 Å². The minimum absolute atomic E-state index is 0.0288. The second-order valence-electron chi connectivity index (χ2n) is 7.90. The molecule has 1 aromatic carbocycles. The van der Waals surface area contributed by atoms with Gasteiger partial charge in [0.1, 0.15) is 6.61 Å². The van der Waals surface area contributed by atoms with Crippen molar-refractivity contribution in [1.29, 1.82) is 0 Å². The molecule has 0 unspecified atom stereocenters. The normalized spacial score (nSPS) is 15.6. The fourth-order valence-corrected chi connectivity index (χ4v) is 3.06. The van der Waals surface area contributed by atoms with E-state index < -0.39 is 0 Å². The lowest BCUT2D eigenvalue weighted by molar-refractivity contribution is -0.136. The number of amides is 2. The van der Waals surface area contributed by atoms with Crippen LogP contribution in [-0.2, 0) is 19.7 Å². The van der Waals surface area contributed by atoms with Gasteiger partial charge in [-0.1, -0.05) is 32.9 Å². The lowest BCUT2D eigenvalue weighted by Gasteiger charge is -2.23. The number of carbonyl (C=O) groups is 2. The zero-order chi connectivity index (χ0) is 19.9. The van der Waals surface area contributed by atoms with E-state index in [4.69, 9.17) is 9.47 Å². The number of nitrogens with zero attached hydrogens (tertiary/aromatic N) is 2. The lowest BCUT2D eigenvalue weighted by Crippen LogP contribution is -2.39. The largest absolute Gasteiger partial charge is 0.382 e. The maximum Gasteiger partial charge on any atom is 0.253 e. The third kappa shape index (κ3) is 6.33. The van der Waals surface area contributed by atoms with Crippen molar-refractivity contribution in [3.8, 4) is 0 Å². The van der Waals surface area contributed by atoms with E-state index in [-0.39, 0.29) is 23.8 Å². The highest BCUT2D eigenvalue weighted by Crippen LogP contribution is 2.22. The van der Waals surface area contributed by atoms with Crippen LogP contribution in [0.2, 0.25) is 0 Å². The Morgan fingerprint density at radius 3 is 2.22 bits per heavy atom. The van der Waals surface area contributed by atoms with E-state index >= 15 is 0 Å². The van der Waals surface area contributed by atoms with Crippen LogP contribution >= 0.6 is 0 Å². The van der Waals surface area contributed by atoms with Crippen molar-refractivity contribution in [3.05, 3.63) is 35.4 Å². The fraction of sp³-hybridized carbons (Fsp3) is 0.619. The molecule has 0 saturated carbocycles. The molecule has 1 saturated heterocycles. The van der Waals surface area contributed by atoms with Crippen molar-refractivity contribution in [1.82, 2.24) is 9.80 Å². The van der Waals surface area contributed by atoms with Gasteiger partial charge in [-0.15, -0.1) is 0 Å². The summed E-state index contributed by atoms with van der Waals surface area (Å²) in [6.45, 7) is 9.81. The van der Waals surface area contributed by atoms with Crippen LogP contribution in [0.1, 0.15) is 43.1 Å². The standard InChI is InChI=1S/C21H32N2O4/c1-21(2,3)18-8-6-17(7-9-18)20(25)23-11-5-10-22(12-13-23)19(24)16-27-15-14-26-4/h6-9H,5,10-16H2,1-4H3. The van der Waals surface area contributed by atoms with Crippen molar-refractivity contribution in [3.63, 3.8) is 0 Å². The summed E-state index contributed by atoms with van der Waals surface area (Å²) in [7, 11) is 1.60. The number of hydrogen-bond acceptors (Lipinski definition) is 4. The van der Waals surface area contributed by atoms with Crippen LogP contribution in [0, 0.1) is 0 Å². The molecule has 1 fully saturated rings. The van der Waals surface area contributed by atoms with E-state index in [1.807, 2.05) is 29.2 Å². The minimum Gasteiger partial charge on any atom is -0.382 e. The van der Waals surface area contributed by atoms with E-state index in [1.165, 1.54) is 5.56 Å². The molecule has 2 rings (SSSR count). The molecule has 2 amide bonds. The second kappa shape index (κ2) is 9.85. The van der Waals surface area contributed by atoms with Gasteiger partial charge in [-0.3, -0.25) is 9.59 Å². The molecule has 0 aliphatic carbocycles. The summed E-state index contributed by atoms with van der Waals surface area (Å²) in [5.74, 6) is -0.00367. The molecular formula is C21H32N2O4. The Labute approximate surface area is 162 Å². The van der Waals surface area contributed by atoms with Crippen LogP contribution in [0.4, 0.5) is 0 Å². The second-order valence-corrected chi connectivity index (χ2v) is 7.90. The molecule has 27 heavy (non-hydrogen) atoms. The Balaban J connectivity index is 1.89. The zero-order valence-corrected chi connectivity index (χ0v) is 17.0. The van der Waals surface area contributed by atoms with Crippen molar-refractivity contribution in [2.24, 2.45) is 0 Å². The quantitative estimate of drug-likeness (QED) is 0.715. The van der Waals surface area contributed by atoms with Gasteiger partial charge < -0.3 is 19.3 Å². The van der Waals surface area contributed by atoms with Crippen molar-refractivity contribution in [2.75, 3.05) is 53.1 Å². The van der Waals surface area contributed by atoms with Crippen LogP contribution in [0.5, 0.6) is 0 Å². The van der Waals surface area contributed by atoms with Gasteiger partial charge in [-0.25, -0.2) is 0 Å². The minimum atomic E-state index is -0.0325. The predicted octanol–water partition coefficient (Wildman–Crippen LogP) is 2.32. The molecule has 1 aliphatic heterocycles. The smallest absolute Gasteiger partial charge is 0.253 e. The molecule has 6 nitrogen and oxygen atoms in total. The fourth-order valence-electron chi connectivity index (χ4n) is 3.06. The maximum absolute atomic E-state index is 12.8. The topological polar surface area (TPSA) is 59.1 Å². The molecule has 0 bridgehead atoms. The number of rotatable bonds is 6. The molecular weight excluding hydrogens is 344 g/mol. The first-order chi connectivity index (χ1) is 12.8. The number of benzene rings is 1. The maximum atomic E-state index is 12.8. The highest BCUT2D eigenvalue weighted by molar-refractivity contribution is 5.94. The van der Waals surface area contributed by atoms with Gasteiger partial charge in [0.2, 0.25) is 5.91 Å². The number of ether oxygens (including phenoxy) is 2. The average Bonchev–Trinajstić information content (AvgIpc) is 2.90. The summed E-state index contributed by atoms with van der Waals surface area (Å²) < 4.78 is 10.2. The monoisotopic (exact) mass is 376 g/mol. The van der Waals surface area contributed by atoms with E-state index in [0.29, 0.717) is 45.0 Å². The average molecular weight is 376 g/mol. The molecule has 0 aromatic heterocycles. The van der Waals surface area contributed by atoms with E-state index in [0.717, 1.165) is 6.42 Å². The molecule has 1 heterocycles. The molecule has 6 heteroatoms. The van der Waals surface area contributed by atoms with Crippen LogP contribution in [0.25, 0.3) is 0 Å². The van der Waals surface area contributed by atoms with Crippen molar-refractivity contribution < 1.29 is 19.1 Å². The van der Waals surface area contributed by atoms with Crippen LogP contribution < -0.4 is 0 Å². The predicted molar refractivity (Wildman–Crippen MR) is 105 cm³/mol. The summed E-state index contributed by atoms with van der Waals surface area (Å²) in [6.07, 6.45) is 0.773. The Morgan fingerprint density at radius 2 is 1.59 bits per heavy atom. The van der Waals surface area contributed by atoms with Crippen LogP contribution in [0.3, 0.4) is 0 Å². The number of methoxy groups -OCH3 is 1. The van der Waals surface area contributed by atoms with Gasteiger partial charge in [0, 0.05) is 38.9 Å². The third-order valence-corrected chi connectivity index (χ3v) is 4.79. The molecule has 0 spiro atoms. The van der Waals surface area contributed by atoms with E-state index in [1.54, 1.807) is 12.0 Å². The Bertz CT molecular complexity index is 622.